The van der Waals surface area contributed by atoms with Crippen molar-refractivity contribution < 1.29 is 23.7 Å². The highest BCUT2D eigenvalue weighted by Gasteiger charge is 2.43. The summed E-state index contributed by atoms with van der Waals surface area (Å²) in [5.41, 5.74) is -0.676. The van der Waals surface area contributed by atoms with Gasteiger partial charge < -0.3 is 18.9 Å². The van der Waals surface area contributed by atoms with Gasteiger partial charge in [-0.1, -0.05) is 6.92 Å². The highest BCUT2D eigenvalue weighted by molar-refractivity contribution is 5.77. The van der Waals surface area contributed by atoms with Crippen LogP contribution in [0.3, 0.4) is 0 Å². The van der Waals surface area contributed by atoms with Gasteiger partial charge in [0.25, 0.3) is 6.48 Å². The second-order valence-corrected chi connectivity index (χ2v) is 3.50. The molecule has 5 nitrogen and oxygen atoms in total. The van der Waals surface area contributed by atoms with Crippen LogP contribution in [0.5, 0.6) is 0 Å². The Labute approximate surface area is 89.6 Å². The number of methoxy groups -OCH3 is 1. The van der Waals surface area contributed by atoms with Crippen LogP contribution in [-0.2, 0) is 23.7 Å². The molecule has 0 spiro atoms. The predicted molar refractivity (Wildman–Crippen MR) is 52.1 cm³/mol. The summed E-state index contributed by atoms with van der Waals surface area (Å²) in [6, 6.07) is 0. The van der Waals surface area contributed by atoms with Gasteiger partial charge in [0, 0.05) is 7.11 Å². The molecule has 1 aliphatic heterocycles. The molecule has 1 aliphatic rings. The van der Waals surface area contributed by atoms with Crippen LogP contribution in [0, 0.1) is 5.41 Å². The Morgan fingerprint density at radius 2 is 2.00 bits per heavy atom. The Balaban J connectivity index is 2.59. The molecule has 0 N–H and O–H groups in total. The third kappa shape index (κ3) is 2.68. The molecule has 0 bridgehead atoms. The highest BCUT2D eigenvalue weighted by atomic mass is 16.8. The van der Waals surface area contributed by atoms with E-state index in [1.165, 1.54) is 7.11 Å². The molecule has 1 heterocycles. The van der Waals surface area contributed by atoms with E-state index in [1.807, 2.05) is 6.92 Å². The molecule has 1 fully saturated rings. The fraction of sp³-hybridized carbons (Fsp3) is 0.900. The summed E-state index contributed by atoms with van der Waals surface area (Å²) < 4.78 is 20.4. The first-order chi connectivity index (χ1) is 7.18. The van der Waals surface area contributed by atoms with Gasteiger partial charge in [-0.25, -0.2) is 0 Å². The molecule has 0 amide bonds. The summed E-state index contributed by atoms with van der Waals surface area (Å²) in [5.74, 6) is -0.262. The molecule has 0 radical (unpaired) electrons. The van der Waals surface area contributed by atoms with Crippen LogP contribution in [0.4, 0.5) is 0 Å². The number of carbonyl (C=O) groups excluding carboxylic acids is 1. The molecule has 0 atom stereocenters. The first kappa shape index (κ1) is 12.4. The topological polar surface area (TPSA) is 54.0 Å². The SMILES string of the molecule is CCOC(=O)C1(CC)COC(OC)OC1. The minimum atomic E-state index is -0.676. The predicted octanol–water partition coefficient (Wildman–Crippen LogP) is 0.923. The van der Waals surface area contributed by atoms with E-state index in [0.29, 0.717) is 13.0 Å². The summed E-state index contributed by atoms with van der Waals surface area (Å²) in [6.07, 6.45) is 0.627. The minimum Gasteiger partial charge on any atom is -0.465 e. The number of ether oxygens (including phenoxy) is 4. The van der Waals surface area contributed by atoms with Crippen LogP contribution < -0.4 is 0 Å². The molecule has 15 heavy (non-hydrogen) atoms. The largest absolute Gasteiger partial charge is 0.465 e. The molecule has 0 aromatic rings. The lowest BCUT2D eigenvalue weighted by molar-refractivity contribution is -0.327. The van der Waals surface area contributed by atoms with Gasteiger partial charge in [-0.2, -0.15) is 0 Å². The molecule has 1 rings (SSSR count). The van der Waals surface area contributed by atoms with Gasteiger partial charge in [-0.3, -0.25) is 4.79 Å². The van der Waals surface area contributed by atoms with E-state index in [-0.39, 0.29) is 19.2 Å². The first-order valence-corrected chi connectivity index (χ1v) is 5.11. The molecule has 0 unspecified atom stereocenters. The average molecular weight is 218 g/mol. The molecule has 5 heteroatoms. The number of hydrogen-bond acceptors (Lipinski definition) is 5. The van der Waals surface area contributed by atoms with E-state index in [9.17, 15) is 4.79 Å². The van der Waals surface area contributed by atoms with Gasteiger partial charge >= 0.3 is 5.97 Å². The summed E-state index contributed by atoms with van der Waals surface area (Å²) in [6.45, 7) is 3.95. The van der Waals surface area contributed by atoms with Crippen molar-refractivity contribution in [2.75, 3.05) is 26.9 Å². The lowest BCUT2D eigenvalue weighted by Gasteiger charge is -2.36. The smallest absolute Gasteiger partial charge is 0.316 e. The zero-order valence-corrected chi connectivity index (χ0v) is 9.45. The fourth-order valence-electron chi connectivity index (χ4n) is 1.43. The zero-order chi connectivity index (χ0) is 11.3. The minimum absolute atomic E-state index is 0.262. The molecule has 0 aliphatic carbocycles. The molecule has 0 aromatic heterocycles. The number of hydrogen-bond donors (Lipinski definition) is 0. The van der Waals surface area contributed by atoms with Crippen molar-refractivity contribution in [3.05, 3.63) is 0 Å². The van der Waals surface area contributed by atoms with E-state index in [4.69, 9.17) is 18.9 Å². The van der Waals surface area contributed by atoms with Crippen LogP contribution in [0.1, 0.15) is 20.3 Å². The van der Waals surface area contributed by atoms with Crippen molar-refractivity contribution >= 4 is 5.97 Å². The molecule has 0 saturated carbocycles. The Kier molecular flexibility index (Phi) is 4.50. The van der Waals surface area contributed by atoms with Crippen LogP contribution in [0.15, 0.2) is 0 Å². The fourth-order valence-corrected chi connectivity index (χ4v) is 1.43. The van der Waals surface area contributed by atoms with Crippen molar-refractivity contribution in [1.82, 2.24) is 0 Å². The maximum Gasteiger partial charge on any atom is 0.316 e. The normalized spacial score (nSPS) is 31.3. The van der Waals surface area contributed by atoms with Crippen molar-refractivity contribution in [2.24, 2.45) is 5.41 Å². The van der Waals surface area contributed by atoms with Crippen LogP contribution >= 0.6 is 0 Å². The van der Waals surface area contributed by atoms with Gasteiger partial charge in [-0.15, -0.1) is 0 Å². The first-order valence-electron chi connectivity index (χ1n) is 5.11. The van der Waals surface area contributed by atoms with Crippen molar-refractivity contribution in [3.63, 3.8) is 0 Å². The van der Waals surface area contributed by atoms with Crippen molar-refractivity contribution in [3.8, 4) is 0 Å². The lowest BCUT2D eigenvalue weighted by Crippen LogP contribution is -2.48. The Hall–Kier alpha value is -0.650. The quantitative estimate of drug-likeness (QED) is 0.657. The van der Waals surface area contributed by atoms with Gasteiger partial charge in [0.1, 0.15) is 5.41 Å². The lowest BCUT2D eigenvalue weighted by atomic mass is 9.86. The molecular formula is C10H18O5. The Morgan fingerprint density at radius 1 is 1.40 bits per heavy atom. The number of rotatable bonds is 4. The van der Waals surface area contributed by atoms with E-state index >= 15 is 0 Å². The molecule has 0 aromatic carbocycles. The summed E-state index contributed by atoms with van der Waals surface area (Å²) in [5, 5.41) is 0. The molecule has 1 saturated heterocycles. The number of carbonyl (C=O) groups is 1. The highest BCUT2D eigenvalue weighted by Crippen LogP contribution is 2.30. The van der Waals surface area contributed by atoms with E-state index < -0.39 is 11.9 Å². The van der Waals surface area contributed by atoms with Gasteiger partial charge in [0.15, 0.2) is 0 Å². The van der Waals surface area contributed by atoms with Gasteiger partial charge in [0.2, 0.25) is 0 Å². The second kappa shape index (κ2) is 5.44. The monoisotopic (exact) mass is 218 g/mol. The van der Waals surface area contributed by atoms with Crippen LogP contribution in [-0.4, -0.2) is 39.4 Å². The van der Waals surface area contributed by atoms with Crippen LogP contribution in [0.25, 0.3) is 0 Å². The summed E-state index contributed by atoms with van der Waals surface area (Å²) >= 11 is 0. The summed E-state index contributed by atoms with van der Waals surface area (Å²) in [4.78, 5) is 11.7. The van der Waals surface area contributed by atoms with Gasteiger partial charge in [0.05, 0.1) is 19.8 Å². The maximum absolute atomic E-state index is 11.7. The van der Waals surface area contributed by atoms with E-state index in [1.54, 1.807) is 6.92 Å². The average Bonchev–Trinajstić information content (AvgIpc) is 2.29. The Morgan fingerprint density at radius 3 is 2.40 bits per heavy atom. The third-order valence-electron chi connectivity index (χ3n) is 2.57. The number of esters is 1. The van der Waals surface area contributed by atoms with Crippen molar-refractivity contribution in [1.29, 1.82) is 0 Å². The standard InChI is InChI=1S/C10H18O5/c1-4-10(8(11)13-5-2)6-14-9(12-3)15-7-10/h9H,4-7H2,1-3H3. The summed E-state index contributed by atoms with van der Waals surface area (Å²) in [7, 11) is 1.49. The second-order valence-electron chi connectivity index (χ2n) is 3.50. The molecule has 88 valence electrons. The van der Waals surface area contributed by atoms with Crippen LogP contribution in [0.2, 0.25) is 0 Å². The van der Waals surface area contributed by atoms with Crippen molar-refractivity contribution in [2.45, 2.75) is 26.7 Å². The van der Waals surface area contributed by atoms with E-state index in [2.05, 4.69) is 0 Å². The van der Waals surface area contributed by atoms with E-state index in [0.717, 1.165) is 0 Å². The Bertz CT molecular complexity index is 208. The third-order valence-corrected chi connectivity index (χ3v) is 2.57. The zero-order valence-electron chi connectivity index (χ0n) is 9.45. The molecular weight excluding hydrogens is 200 g/mol. The maximum atomic E-state index is 11.7. The van der Waals surface area contributed by atoms with Gasteiger partial charge in [-0.05, 0) is 13.3 Å².